The SMILES string of the molecule is NCCCCNC(=O)c1ccc2cc(Br)ccc2c1. The molecular weight excluding hydrogens is 304 g/mol. The number of carbonyl (C=O) groups is 1. The van der Waals surface area contributed by atoms with Crippen LogP contribution in [-0.2, 0) is 0 Å². The van der Waals surface area contributed by atoms with Crippen molar-refractivity contribution in [3.05, 3.63) is 46.4 Å². The van der Waals surface area contributed by atoms with Crippen molar-refractivity contribution in [2.24, 2.45) is 5.73 Å². The minimum Gasteiger partial charge on any atom is -0.352 e. The summed E-state index contributed by atoms with van der Waals surface area (Å²) in [6.45, 7) is 1.34. The Bertz CT molecular complexity index is 583. The Labute approximate surface area is 121 Å². The van der Waals surface area contributed by atoms with E-state index in [9.17, 15) is 4.79 Å². The number of benzene rings is 2. The molecule has 0 aromatic heterocycles. The first-order chi connectivity index (χ1) is 9.20. The van der Waals surface area contributed by atoms with E-state index in [4.69, 9.17) is 5.73 Å². The van der Waals surface area contributed by atoms with Crippen molar-refractivity contribution in [1.29, 1.82) is 0 Å². The minimum absolute atomic E-state index is 0.0261. The number of carbonyl (C=O) groups excluding carboxylic acids is 1. The molecule has 2 aromatic rings. The molecule has 0 fully saturated rings. The van der Waals surface area contributed by atoms with Crippen LogP contribution in [0.1, 0.15) is 23.2 Å². The lowest BCUT2D eigenvalue weighted by Gasteiger charge is -2.06. The van der Waals surface area contributed by atoms with Gasteiger partial charge in [-0.05, 0) is 54.4 Å². The maximum Gasteiger partial charge on any atom is 0.251 e. The number of fused-ring (bicyclic) bond motifs is 1. The molecule has 3 nitrogen and oxygen atoms in total. The molecule has 0 atom stereocenters. The summed E-state index contributed by atoms with van der Waals surface area (Å²) in [6, 6.07) is 11.8. The van der Waals surface area contributed by atoms with Gasteiger partial charge in [-0.15, -0.1) is 0 Å². The molecule has 100 valence electrons. The average Bonchev–Trinajstić information content (AvgIpc) is 2.42. The maximum atomic E-state index is 12.0. The molecule has 0 radical (unpaired) electrons. The highest BCUT2D eigenvalue weighted by Crippen LogP contribution is 2.20. The molecule has 0 saturated carbocycles. The van der Waals surface area contributed by atoms with Gasteiger partial charge >= 0.3 is 0 Å². The van der Waals surface area contributed by atoms with Gasteiger partial charge in [-0.3, -0.25) is 4.79 Å². The third-order valence-electron chi connectivity index (χ3n) is 2.98. The van der Waals surface area contributed by atoms with Crippen molar-refractivity contribution in [2.75, 3.05) is 13.1 Å². The van der Waals surface area contributed by atoms with Gasteiger partial charge in [-0.25, -0.2) is 0 Å². The molecule has 0 aliphatic carbocycles. The van der Waals surface area contributed by atoms with Gasteiger partial charge in [0.1, 0.15) is 0 Å². The van der Waals surface area contributed by atoms with Gasteiger partial charge in [0.2, 0.25) is 0 Å². The molecule has 19 heavy (non-hydrogen) atoms. The second-order valence-corrected chi connectivity index (χ2v) is 5.37. The van der Waals surface area contributed by atoms with Gasteiger partial charge in [0, 0.05) is 16.6 Å². The molecule has 2 aromatic carbocycles. The minimum atomic E-state index is -0.0261. The molecule has 0 aliphatic heterocycles. The summed E-state index contributed by atoms with van der Waals surface area (Å²) in [7, 11) is 0. The Morgan fingerprint density at radius 1 is 1.11 bits per heavy atom. The van der Waals surface area contributed by atoms with Gasteiger partial charge in [-0.1, -0.05) is 28.1 Å². The molecule has 2 rings (SSSR count). The van der Waals surface area contributed by atoms with E-state index in [-0.39, 0.29) is 5.91 Å². The van der Waals surface area contributed by atoms with Crippen LogP contribution in [0.15, 0.2) is 40.9 Å². The number of hydrogen-bond acceptors (Lipinski definition) is 2. The molecule has 0 saturated heterocycles. The van der Waals surface area contributed by atoms with Gasteiger partial charge in [0.05, 0.1) is 0 Å². The van der Waals surface area contributed by atoms with Crippen molar-refractivity contribution >= 4 is 32.6 Å². The van der Waals surface area contributed by atoms with Crippen LogP contribution in [0.3, 0.4) is 0 Å². The summed E-state index contributed by atoms with van der Waals surface area (Å²) < 4.78 is 1.04. The van der Waals surface area contributed by atoms with Crippen LogP contribution in [0, 0.1) is 0 Å². The Morgan fingerprint density at radius 2 is 1.84 bits per heavy atom. The van der Waals surface area contributed by atoms with Crippen molar-refractivity contribution in [1.82, 2.24) is 5.32 Å². The van der Waals surface area contributed by atoms with E-state index < -0.39 is 0 Å². The number of rotatable bonds is 5. The Hall–Kier alpha value is -1.39. The lowest BCUT2D eigenvalue weighted by atomic mass is 10.1. The lowest BCUT2D eigenvalue weighted by molar-refractivity contribution is 0.0953. The van der Waals surface area contributed by atoms with Crippen molar-refractivity contribution < 1.29 is 4.79 Å². The third kappa shape index (κ3) is 3.78. The van der Waals surface area contributed by atoms with Gasteiger partial charge in [-0.2, -0.15) is 0 Å². The summed E-state index contributed by atoms with van der Waals surface area (Å²) >= 11 is 3.44. The fourth-order valence-electron chi connectivity index (χ4n) is 1.93. The smallest absolute Gasteiger partial charge is 0.251 e. The summed E-state index contributed by atoms with van der Waals surface area (Å²) in [5.41, 5.74) is 6.11. The number of nitrogens with one attached hydrogen (secondary N) is 1. The van der Waals surface area contributed by atoms with Gasteiger partial charge in [0.25, 0.3) is 5.91 Å². The standard InChI is InChI=1S/C15H17BrN2O/c16-14-6-5-11-9-13(4-3-12(11)10-14)15(19)18-8-2-1-7-17/h3-6,9-10H,1-2,7-8,17H2,(H,18,19). The second kappa shape index (κ2) is 6.68. The van der Waals surface area contributed by atoms with Crippen molar-refractivity contribution in [2.45, 2.75) is 12.8 Å². The molecule has 0 aliphatic rings. The molecule has 4 heteroatoms. The normalized spacial score (nSPS) is 10.6. The maximum absolute atomic E-state index is 12.0. The van der Waals surface area contributed by atoms with Gasteiger partial charge < -0.3 is 11.1 Å². The zero-order valence-corrected chi connectivity index (χ0v) is 12.2. The largest absolute Gasteiger partial charge is 0.352 e. The molecule has 0 spiro atoms. The van der Waals surface area contributed by atoms with Crippen LogP contribution >= 0.6 is 15.9 Å². The van der Waals surface area contributed by atoms with Crippen LogP contribution < -0.4 is 11.1 Å². The third-order valence-corrected chi connectivity index (χ3v) is 3.47. The monoisotopic (exact) mass is 320 g/mol. The fourth-order valence-corrected chi connectivity index (χ4v) is 2.31. The highest BCUT2D eigenvalue weighted by atomic mass is 79.9. The van der Waals surface area contributed by atoms with Crippen molar-refractivity contribution in [3.8, 4) is 0 Å². The molecule has 1 amide bonds. The van der Waals surface area contributed by atoms with Crippen LogP contribution in [0.25, 0.3) is 10.8 Å². The summed E-state index contributed by atoms with van der Waals surface area (Å²) in [5, 5.41) is 5.09. The van der Waals surface area contributed by atoms with Gasteiger partial charge in [0.15, 0.2) is 0 Å². The first-order valence-corrected chi connectivity index (χ1v) is 7.17. The predicted octanol–water partition coefficient (Wildman–Crippen LogP) is 3.07. The topological polar surface area (TPSA) is 55.1 Å². The van der Waals surface area contributed by atoms with Crippen molar-refractivity contribution in [3.63, 3.8) is 0 Å². The number of halogens is 1. The number of hydrogen-bond donors (Lipinski definition) is 2. The van der Waals surface area contributed by atoms with E-state index >= 15 is 0 Å². The van der Waals surface area contributed by atoms with Crippen LogP contribution in [-0.4, -0.2) is 19.0 Å². The number of amides is 1. The average molecular weight is 321 g/mol. The Balaban J connectivity index is 2.08. The van der Waals surface area contributed by atoms with E-state index in [0.717, 1.165) is 28.1 Å². The summed E-state index contributed by atoms with van der Waals surface area (Å²) in [6.07, 6.45) is 1.86. The molecule has 0 heterocycles. The first-order valence-electron chi connectivity index (χ1n) is 6.38. The quantitative estimate of drug-likeness (QED) is 0.832. The van der Waals surface area contributed by atoms with Crippen LogP contribution in [0.2, 0.25) is 0 Å². The fraction of sp³-hybridized carbons (Fsp3) is 0.267. The van der Waals surface area contributed by atoms with E-state index in [1.807, 2.05) is 36.4 Å². The first kappa shape index (κ1) is 14.0. The molecule has 3 N–H and O–H groups in total. The predicted molar refractivity (Wildman–Crippen MR) is 82.3 cm³/mol. The van der Waals surface area contributed by atoms with E-state index in [0.29, 0.717) is 18.7 Å². The Kier molecular flexibility index (Phi) is 4.93. The molecular formula is C15H17BrN2O. The lowest BCUT2D eigenvalue weighted by Crippen LogP contribution is -2.24. The van der Waals surface area contributed by atoms with Crippen LogP contribution in [0.5, 0.6) is 0 Å². The second-order valence-electron chi connectivity index (χ2n) is 4.46. The highest BCUT2D eigenvalue weighted by molar-refractivity contribution is 9.10. The van der Waals surface area contributed by atoms with Crippen LogP contribution in [0.4, 0.5) is 0 Å². The highest BCUT2D eigenvalue weighted by Gasteiger charge is 2.05. The summed E-state index contributed by atoms with van der Waals surface area (Å²) in [4.78, 5) is 12.0. The number of unbranched alkanes of at least 4 members (excludes halogenated alkanes) is 1. The zero-order chi connectivity index (χ0) is 13.7. The summed E-state index contributed by atoms with van der Waals surface area (Å²) in [5.74, 6) is -0.0261. The number of nitrogens with two attached hydrogens (primary N) is 1. The van der Waals surface area contributed by atoms with E-state index in [1.165, 1.54) is 0 Å². The van der Waals surface area contributed by atoms with E-state index in [1.54, 1.807) is 0 Å². The Morgan fingerprint density at radius 3 is 2.63 bits per heavy atom. The molecule has 0 bridgehead atoms. The zero-order valence-electron chi connectivity index (χ0n) is 10.7. The molecule has 0 unspecified atom stereocenters. The van der Waals surface area contributed by atoms with E-state index in [2.05, 4.69) is 21.2 Å².